The second-order valence-corrected chi connectivity index (χ2v) is 6.11. The van der Waals surface area contributed by atoms with Crippen LogP contribution in [0.3, 0.4) is 0 Å². The minimum Gasteiger partial charge on any atom is -0.481 e. The number of likely N-dealkylation sites (N-methyl/N-ethyl adjacent to an activating group) is 1. The number of rotatable bonds is 6. The Hall–Kier alpha value is -1.55. The number of carboxylic acid groups (broad SMARTS) is 1. The number of carbonyl (C=O) groups is 2. The highest BCUT2D eigenvalue weighted by Crippen LogP contribution is 2.45. The molecule has 2 rings (SSSR count). The number of halogens is 1. The molecular formula is C16H20ClNO3. The van der Waals surface area contributed by atoms with Gasteiger partial charge in [0.25, 0.3) is 0 Å². The van der Waals surface area contributed by atoms with Crippen molar-refractivity contribution >= 4 is 23.5 Å². The van der Waals surface area contributed by atoms with E-state index in [1.165, 1.54) is 0 Å². The minimum atomic E-state index is -0.830. The second kappa shape index (κ2) is 6.48. The van der Waals surface area contributed by atoms with E-state index in [0.29, 0.717) is 18.0 Å². The third-order valence-electron chi connectivity index (χ3n) is 4.22. The van der Waals surface area contributed by atoms with E-state index in [1.54, 1.807) is 18.0 Å². The number of hydrogen-bond donors (Lipinski definition) is 1. The van der Waals surface area contributed by atoms with Crippen molar-refractivity contribution < 1.29 is 14.7 Å². The van der Waals surface area contributed by atoms with Gasteiger partial charge in [-0.3, -0.25) is 9.59 Å². The third-order valence-corrected chi connectivity index (χ3v) is 4.46. The molecule has 0 atom stereocenters. The smallest absolute Gasteiger partial charge is 0.303 e. The molecule has 1 fully saturated rings. The highest BCUT2D eigenvalue weighted by atomic mass is 35.5. The Bertz CT molecular complexity index is 540. The maximum Gasteiger partial charge on any atom is 0.303 e. The lowest BCUT2D eigenvalue weighted by Crippen LogP contribution is -2.50. The summed E-state index contributed by atoms with van der Waals surface area (Å²) in [6, 6.07) is 7.49. The van der Waals surface area contributed by atoms with Crippen molar-refractivity contribution in [1.82, 2.24) is 4.90 Å². The third kappa shape index (κ3) is 3.38. The Labute approximate surface area is 129 Å². The van der Waals surface area contributed by atoms with Crippen molar-refractivity contribution in [3.63, 3.8) is 0 Å². The van der Waals surface area contributed by atoms with Crippen molar-refractivity contribution in [3.05, 3.63) is 34.9 Å². The lowest BCUT2D eigenvalue weighted by atomic mass is 9.63. The van der Waals surface area contributed by atoms with Gasteiger partial charge < -0.3 is 10.0 Å². The molecular weight excluding hydrogens is 290 g/mol. The molecule has 1 aromatic rings. The van der Waals surface area contributed by atoms with Crippen molar-refractivity contribution in [2.24, 2.45) is 0 Å². The minimum absolute atomic E-state index is 0.0707. The van der Waals surface area contributed by atoms with Crippen LogP contribution in [0.1, 0.15) is 37.7 Å². The van der Waals surface area contributed by atoms with Gasteiger partial charge in [0, 0.05) is 25.0 Å². The molecule has 0 spiro atoms. The van der Waals surface area contributed by atoms with Gasteiger partial charge in [-0.2, -0.15) is 0 Å². The fraction of sp³-hybridized carbons (Fsp3) is 0.500. The van der Waals surface area contributed by atoms with Gasteiger partial charge in [0.2, 0.25) is 5.91 Å². The fourth-order valence-electron chi connectivity index (χ4n) is 2.88. The highest BCUT2D eigenvalue weighted by Gasteiger charge is 2.46. The van der Waals surface area contributed by atoms with Crippen LogP contribution in [0.5, 0.6) is 0 Å². The van der Waals surface area contributed by atoms with Gasteiger partial charge in [0.05, 0.1) is 5.41 Å². The summed E-state index contributed by atoms with van der Waals surface area (Å²) in [6.45, 7) is 0.466. The first kappa shape index (κ1) is 15.8. The zero-order chi connectivity index (χ0) is 15.5. The predicted octanol–water partition coefficient (Wildman–Crippen LogP) is 3.08. The standard InChI is InChI=1S/C16H20ClNO3/c1-18(10-3-7-14(19)20)15(21)16(8-4-9-16)12-5-2-6-13(17)11-12/h2,5-6,11H,3-4,7-10H2,1H3,(H,19,20). The molecule has 1 aliphatic carbocycles. The topological polar surface area (TPSA) is 57.6 Å². The first-order valence-corrected chi connectivity index (χ1v) is 7.57. The molecule has 1 saturated carbocycles. The van der Waals surface area contributed by atoms with Gasteiger partial charge in [-0.1, -0.05) is 30.2 Å². The molecule has 0 aliphatic heterocycles. The summed E-state index contributed by atoms with van der Waals surface area (Å²) in [5, 5.41) is 9.31. The van der Waals surface area contributed by atoms with Crippen LogP contribution < -0.4 is 0 Å². The maximum absolute atomic E-state index is 12.8. The largest absolute Gasteiger partial charge is 0.481 e. The van der Waals surface area contributed by atoms with Gasteiger partial charge >= 0.3 is 5.97 Å². The van der Waals surface area contributed by atoms with Gasteiger partial charge in [0.15, 0.2) is 0 Å². The van der Waals surface area contributed by atoms with E-state index in [-0.39, 0.29) is 12.3 Å². The quantitative estimate of drug-likeness (QED) is 0.878. The molecule has 1 aliphatic rings. The van der Waals surface area contributed by atoms with E-state index < -0.39 is 11.4 Å². The number of benzene rings is 1. The Morgan fingerprint density at radius 1 is 1.38 bits per heavy atom. The van der Waals surface area contributed by atoms with Crippen molar-refractivity contribution in [2.75, 3.05) is 13.6 Å². The van der Waals surface area contributed by atoms with E-state index in [9.17, 15) is 9.59 Å². The molecule has 5 heteroatoms. The second-order valence-electron chi connectivity index (χ2n) is 5.67. The molecule has 0 radical (unpaired) electrons. The van der Waals surface area contributed by atoms with E-state index in [1.807, 2.05) is 18.2 Å². The number of hydrogen-bond acceptors (Lipinski definition) is 2. The van der Waals surface area contributed by atoms with Crippen LogP contribution >= 0.6 is 11.6 Å². The van der Waals surface area contributed by atoms with Crippen LogP contribution in [-0.4, -0.2) is 35.5 Å². The lowest BCUT2D eigenvalue weighted by molar-refractivity contribution is -0.141. The number of amides is 1. The molecule has 0 heterocycles. The van der Waals surface area contributed by atoms with Crippen LogP contribution in [0.25, 0.3) is 0 Å². The number of aliphatic carboxylic acids is 1. The summed E-state index contributed by atoms with van der Waals surface area (Å²) in [7, 11) is 1.74. The average molecular weight is 310 g/mol. The van der Waals surface area contributed by atoms with Crippen LogP contribution in [0, 0.1) is 0 Å². The Morgan fingerprint density at radius 2 is 2.10 bits per heavy atom. The van der Waals surface area contributed by atoms with E-state index >= 15 is 0 Å². The molecule has 0 saturated heterocycles. The number of carboxylic acids is 1. The van der Waals surface area contributed by atoms with Crippen LogP contribution in [0.4, 0.5) is 0 Å². The first-order valence-electron chi connectivity index (χ1n) is 7.19. The summed E-state index contributed by atoms with van der Waals surface area (Å²) >= 11 is 6.04. The van der Waals surface area contributed by atoms with Crippen molar-refractivity contribution in [1.29, 1.82) is 0 Å². The molecule has 0 aromatic heterocycles. The van der Waals surface area contributed by atoms with E-state index in [0.717, 1.165) is 24.8 Å². The fourth-order valence-corrected chi connectivity index (χ4v) is 3.07. The van der Waals surface area contributed by atoms with Crippen LogP contribution in [-0.2, 0) is 15.0 Å². The van der Waals surface area contributed by atoms with Crippen molar-refractivity contribution in [2.45, 2.75) is 37.5 Å². The van der Waals surface area contributed by atoms with Gasteiger partial charge in [-0.05, 0) is 37.0 Å². The summed E-state index contributed by atoms with van der Waals surface area (Å²) in [5.41, 5.74) is 0.499. The average Bonchev–Trinajstić information content (AvgIpc) is 2.36. The Balaban J connectivity index is 2.09. The van der Waals surface area contributed by atoms with E-state index in [2.05, 4.69) is 0 Å². The van der Waals surface area contributed by atoms with Crippen molar-refractivity contribution in [3.8, 4) is 0 Å². The number of nitrogens with zero attached hydrogens (tertiary/aromatic N) is 1. The predicted molar refractivity (Wildman–Crippen MR) is 81.5 cm³/mol. The van der Waals surface area contributed by atoms with Crippen LogP contribution in [0.2, 0.25) is 5.02 Å². The molecule has 0 unspecified atom stereocenters. The molecule has 21 heavy (non-hydrogen) atoms. The van der Waals surface area contributed by atoms with Gasteiger partial charge in [0.1, 0.15) is 0 Å². The highest BCUT2D eigenvalue weighted by molar-refractivity contribution is 6.30. The molecule has 1 amide bonds. The zero-order valence-corrected chi connectivity index (χ0v) is 12.9. The maximum atomic E-state index is 12.8. The Kier molecular flexibility index (Phi) is 4.88. The molecule has 4 nitrogen and oxygen atoms in total. The number of carbonyl (C=O) groups excluding carboxylic acids is 1. The first-order chi connectivity index (χ1) is 9.95. The monoisotopic (exact) mass is 309 g/mol. The molecule has 0 bridgehead atoms. The SMILES string of the molecule is CN(CCCC(=O)O)C(=O)C1(c2cccc(Cl)c2)CCC1. The van der Waals surface area contributed by atoms with Gasteiger partial charge in [-0.25, -0.2) is 0 Å². The summed E-state index contributed by atoms with van der Waals surface area (Å²) in [6.07, 6.45) is 3.25. The normalized spacial score (nSPS) is 16.1. The van der Waals surface area contributed by atoms with Gasteiger partial charge in [-0.15, -0.1) is 0 Å². The van der Waals surface area contributed by atoms with Crippen LogP contribution in [0.15, 0.2) is 24.3 Å². The lowest BCUT2D eigenvalue weighted by Gasteiger charge is -2.43. The zero-order valence-electron chi connectivity index (χ0n) is 12.1. The molecule has 114 valence electrons. The summed E-state index contributed by atoms with van der Waals surface area (Å²) in [5.74, 6) is -0.759. The summed E-state index contributed by atoms with van der Waals surface area (Å²) < 4.78 is 0. The van der Waals surface area contributed by atoms with E-state index in [4.69, 9.17) is 16.7 Å². The Morgan fingerprint density at radius 3 is 2.62 bits per heavy atom. The summed E-state index contributed by atoms with van der Waals surface area (Å²) in [4.78, 5) is 25.0. The molecule has 1 N–H and O–H groups in total. The molecule has 1 aromatic carbocycles.